The van der Waals surface area contributed by atoms with E-state index in [1.165, 1.54) is 0 Å². The summed E-state index contributed by atoms with van der Waals surface area (Å²) >= 11 is 1.61. The number of hydrogen-bond acceptors (Lipinski definition) is 3. The monoisotopic (exact) mass is 236 g/mol. The minimum atomic E-state index is -0.853. The van der Waals surface area contributed by atoms with Crippen LogP contribution in [0.15, 0.2) is 17.6 Å². The van der Waals surface area contributed by atoms with Gasteiger partial charge in [-0.25, -0.2) is 0 Å². The molecule has 0 bridgehead atoms. The lowest BCUT2D eigenvalue weighted by Crippen LogP contribution is -2.02. The van der Waals surface area contributed by atoms with Crippen molar-refractivity contribution in [2.45, 2.75) is 13.3 Å². The van der Waals surface area contributed by atoms with E-state index < -0.39 is 5.97 Å². The van der Waals surface area contributed by atoms with E-state index in [1.807, 2.05) is 24.6 Å². The van der Waals surface area contributed by atoms with Gasteiger partial charge in [0.2, 0.25) is 0 Å². The van der Waals surface area contributed by atoms with E-state index in [-0.39, 0.29) is 6.42 Å². The number of carboxylic acid groups (broad SMARTS) is 1. The Bertz CT molecular complexity index is 528. The van der Waals surface area contributed by atoms with Gasteiger partial charge >= 0.3 is 5.97 Å². The molecular weight excluding hydrogens is 224 g/mol. The molecule has 2 heterocycles. The number of nitrogens with zero attached hydrogens (tertiary/aromatic N) is 2. The highest BCUT2D eigenvalue weighted by Gasteiger charge is 2.15. The minimum absolute atomic E-state index is 0.0342. The molecule has 0 saturated carbocycles. The molecule has 0 spiro atoms. The molecule has 0 aliphatic heterocycles. The topological polar surface area (TPSA) is 55.1 Å². The van der Waals surface area contributed by atoms with Crippen LogP contribution in [0.1, 0.15) is 11.3 Å². The second-order valence-electron chi connectivity index (χ2n) is 3.67. The summed E-state index contributed by atoms with van der Waals surface area (Å²) in [6.07, 6.45) is 1.84. The van der Waals surface area contributed by atoms with Crippen molar-refractivity contribution in [1.82, 2.24) is 9.78 Å². The van der Waals surface area contributed by atoms with E-state index in [4.69, 9.17) is 5.11 Å². The SMILES string of the molecule is Cc1ccsc1-c1cn(C)nc1CC(=O)O. The van der Waals surface area contributed by atoms with Crippen molar-refractivity contribution in [3.8, 4) is 10.4 Å². The van der Waals surface area contributed by atoms with Crippen LogP contribution in [0.3, 0.4) is 0 Å². The second kappa shape index (κ2) is 4.09. The zero-order valence-electron chi connectivity index (χ0n) is 9.10. The Hall–Kier alpha value is -1.62. The fraction of sp³-hybridized carbons (Fsp3) is 0.273. The number of hydrogen-bond donors (Lipinski definition) is 1. The largest absolute Gasteiger partial charge is 0.481 e. The van der Waals surface area contributed by atoms with Crippen molar-refractivity contribution in [1.29, 1.82) is 0 Å². The summed E-state index contributed by atoms with van der Waals surface area (Å²) in [7, 11) is 1.80. The molecule has 0 radical (unpaired) electrons. The molecule has 0 unspecified atom stereocenters. The van der Waals surface area contributed by atoms with E-state index in [2.05, 4.69) is 5.10 Å². The molecule has 0 fully saturated rings. The molecule has 0 aliphatic carbocycles. The summed E-state index contributed by atoms with van der Waals surface area (Å²) in [6, 6.07) is 2.03. The van der Waals surface area contributed by atoms with Crippen LogP contribution in [0.5, 0.6) is 0 Å². The van der Waals surface area contributed by atoms with Gasteiger partial charge in [0.15, 0.2) is 0 Å². The third-order valence-electron chi connectivity index (χ3n) is 2.33. The molecule has 2 rings (SSSR count). The molecule has 0 amide bonds. The summed E-state index contributed by atoms with van der Waals surface area (Å²) in [6.45, 7) is 2.02. The van der Waals surface area contributed by atoms with Gasteiger partial charge in [0.25, 0.3) is 0 Å². The smallest absolute Gasteiger partial charge is 0.309 e. The van der Waals surface area contributed by atoms with Gasteiger partial charge in [-0.15, -0.1) is 11.3 Å². The molecule has 1 N–H and O–H groups in total. The van der Waals surface area contributed by atoms with Gasteiger partial charge in [-0.1, -0.05) is 0 Å². The van der Waals surface area contributed by atoms with Gasteiger partial charge in [-0.3, -0.25) is 9.48 Å². The summed E-state index contributed by atoms with van der Waals surface area (Å²) in [4.78, 5) is 11.8. The van der Waals surface area contributed by atoms with Gasteiger partial charge in [0, 0.05) is 23.7 Å². The average Bonchev–Trinajstić information content (AvgIpc) is 2.71. The average molecular weight is 236 g/mol. The van der Waals surface area contributed by atoms with Crippen molar-refractivity contribution >= 4 is 17.3 Å². The van der Waals surface area contributed by atoms with Gasteiger partial charge in [0.05, 0.1) is 12.1 Å². The zero-order valence-corrected chi connectivity index (χ0v) is 9.91. The number of thiophene rings is 1. The number of rotatable bonds is 3. The Morgan fingerprint density at radius 2 is 2.38 bits per heavy atom. The van der Waals surface area contributed by atoms with Crippen molar-refractivity contribution in [2.24, 2.45) is 7.05 Å². The lowest BCUT2D eigenvalue weighted by atomic mass is 10.1. The molecule has 2 aromatic rings. The van der Waals surface area contributed by atoms with E-state index in [1.54, 1.807) is 23.1 Å². The first-order valence-corrected chi connectivity index (χ1v) is 5.74. The van der Waals surface area contributed by atoms with Crippen LogP contribution < -0.4 is 0 Å². The minimum Gasteiger partial charge on any atom is -0.481 e. The molecule has 0 saturated heterocycles. The van der Waals surface area contributed by atoms with Crippen molar-refractivity contribution in [3.05, 3.63) is 28.9 Å². The van der Waals surface area contributed by atoms with Gasteiger partial charge in [-0.05, 0) is 23.9 Å². The van der Waals surface area contributed by atoms with E-state index in [0.29, 0.717) is 5.69 Å². The molecule has 16 heavy (non-hydrogen) atoms. The van der Waals surface area contributed by atoms with Crippen LogP contribution in [0.25, 0.3) is 10.4 Å². The van der Waals surface area contributed by atoms with Crippen LogP contribution in [-0.2, 0) is 18.3 Å². The van der Waals surface area contributed by atoms with Gasteiger partial charge in [0.1, 0.15) is 0 Å². The third-order valence-corrected chi connectivity index (χ3v) is 3.38. The first-order valence-electron chi connectivity index (χ1n) is 4.86. The summed E-state index contributed by atoms with van der Waals surface area (Å²) in [5, 5.41) is 15.0. The lowest BCUT2D eigenvalue weighted by molar-refractivity contribution is -0.136. The first-order chi connectivity index (χ1) is 7.58. The second-order valence-corrected chi connectivity index (χ2v) is 4.58. The molecule has 2 aromatic heterocycles. The van der Waals surface area contributed by atoms with Crippen molar-refractivity contribution in [3.63, 3.8) is 0 Å². The van der Waals surface area contributed by atoms with Crippen LogP contribution in [0, 0.1) is 6.92 Å². The molecule has 0 aromatic carbocycles. The Morgan fingerprint density at radius 1 is 1.62 bits per heavy atom. The third kappa shape index (κ3) is 1.99. The van der Waals surface area contributed by atoms with E-state index in [0.717, 1.165) is 16.0 Å². The van der Waals surface area contributed by atoms with E-state index >= 15 is 0 Å². The highest BCUT2D eigenvalue weighted by atomic mass is 32.1. The predicted octanol–water partition coefficient (Wildman–Crippen LogP) is 2.08. The predicted molar refractivity (Wildman–Crippen MR) is 62.6 cm³/mol. The molecule has 0 aliphatic rings. The number of aromatic nitrogens is 2. The van der Waals surface area contributed by atoms with Crippen LogP contribution in [0.2, 0.25) is 0 Å². The number of aryl methyl sites for hydroxylation is 2. The van der Waals surface area contributed by atoms with Crippen LogP contribution in [-0.4, -0.2) is 20.9 Å². The van der Waals surface area contributed by atoms with E-state index in [9.17, 15) is 4.79 Å². The molecule has 4 nitrogen and oxygen atoms in total. The quantitative estimate of drug-likeness (QED) is 0.887. The first kappa shape index (κ1) is 10.9. The maximum atomic E-state index is 10.7. The zero-order chi connectivity index (χ0) is 11.7. The Labute approximate surface area is 97.2 Å². The highest BCUT2D eigenvalue weighted by molar-refractivity contribution is 7.13. The van der Waals surface area contributed by atoms with Crippen molar-refractivity contribution < 1.29 is 9.90 Å². The lowest BCUT2D eigenvalue weighted by Gasteiger charge is -1.98. The summed E-state index contributed by atoms with van der Waals surface area (Å²) < 4.78 is 1.66. The standard InChI is InChI=1S/C11H12N2O2S/c1-7-3-4-16-11(7)8-6-13(2)12-9(8)5-10(14)15/h3-4,6H,5H2,1-2H3,(H,14,15). The maximum absolute atomic E-state index is 10.7. The molecular formula is C11H12N2O2S. The number of carbonyl (C=O) groups is 1. The van der Waals surface area contributed by atoms with Gasteiger partial charge < -0.3 is 5.11 Å². The molecule has 84 valence electrons. The maximum Gasteiger partial charge on any atom is 0.309 e. The Morgan fingerprint density at radius 3 is 2.94 bits per heavy atom. The summed E-state index contributed by atoms with van der Waals surface area (Å²) in [5.74, 6) is -0.853. The highest BCUT2D eigenvalue weighted by Crippen LogP contribution is 2.31. The van der Waals surface area contributed by atoms with Gasteiger partial charge in [-0.2, -0.15) is 5.10 Å². The number of aliphatic carboxylic acids is 1. The Balaban J connectivity index is 2.48. The fourth-order valence-corrected chi connectivity index (χ4v) is 2.61. The normalized spacial score (nSPS) is 10.6. The Kier molecular flexibility index (Phi) is 2.78. The fourth-order valence-electron chi connectivity index (χ4n) is 1.65. The molecule has 0 atom stereocenters. The van der Waals surface area contributed by atoms with Crippen LogP contribution in [0.4, 0.5) is 0 Å². The molecule has 5 heteroatoms. The number of carboxylic acids is 1. The summed E-state index contributed by atoms with van der Waals surface area (Å²) in [5.41, 5.74) is 2.71. The van der Waals surface area contributed by atoms with Crippen LogP contribution >= 0.6 is 11.3 Å². The van der Waals surface area contributed by atoms with Crippen molar-refractivity contribution in [2.75, 3.05) is 0 Å².